The van der Waals surface area contributed by atoms with Gasteiger partial charge in [-0.15, -0.1) is 0 Å². The number of aliphatic hydroxyl groups is 1. The summed E-state index contributed by atoms with van der Waals surface area (Å²) in [5.41, 5.74) is 8.67. The van der Waals surface area contributed by atoms with Crippen LogP contribution in [0.4, 0.5) is 5.13 Å². The molecule has 0 saturated heterocycles. The number of nitrogens with two attached hydrogens (primary N) is 1. The normalized spacial score (nSPS) is 14.9. The molecule has 1 amide bonds. The van der Waals surface area contributed by atoms with Crippen molar-refractivity contribution in [3.05, 3.63) is 63.9 Å². The summed E-state index contributed by atoms with van der Waals surface area (Å²) in [5.74, 6) is -0.0608. The van der Waals surface area contributed by atoms with Crippen molar-refractivity contribution >= 4 is 22.4 Å². The Morgan fingerprint density at radius 3 is 2.77 bits per heavy atom. The highest BCUT2D eigenvalue weighted by atomic mass is 32.1. The summed E-state index contributed by atoms with van der Waals surface area (Å²) >= 11 is 1.22. The number of nitrogen functional groups attached to an aromatic ring is 1. The molecule has 0 fully saturated rings. The topological polar surface area (TPSA) is 97.3 Å². The molecule has 0 bridgehead atoms. The Hall–Kier alpha value is -2.71. The van der Waals surface area contributed by atoms with E-state index in [0.717, 1.165) is 11.3 Å². The van der Waals surface area contributed by atoms with E-state index in [4.69, 9.17) is 5.73 Å². The van der Waals surface area contributed by atoms with Gasteiger partial charge in [-0.05, 0) is 18.6 Å². The van der Waals surface area contributed by atoms with E-state index in [2.05, 4.69) is 10.1 Å². The van der Waals surface area contributed by atoms with Crippen molar-refractivity contribution in [2.24, 2.45) is 0 Å². The molecule has 0 aliphatic carbocycles. The summed E-state index contributed by atoms with van der Waals surface area (Å²) in [6, 6.07) is 11.3. The number of rotatable bonds is 3. The predicted molar refractivity (Wildman–Crippen MR) is 98.7 cm³/mol. The number of hydrogen-bond donors (Lipinski definition) is 2. The highest BCUT2D eigenvalue weighted by Crippen LogP contribution is 2.26. The van der Waals surface area contributed by atoms with E-state index in [1.54, 1.807) is 11.8 Å². The second-order valence-electron chi connectivity index (χ2n) is 6.29. The van der Waals surface area contributed by atoms with Crippen molar-refractivity contribution in [1.82, 2.24) is 19.7 Å². The Labute approximate surface area is 154 Å². The third-order valence-corrected chi connectivity index (χ3v) is 5.48. The molecule has 26 heavy (non-hydrogen) atoms. The van der Waals surface area contributed by atoms with Gasteiger partial charge in [0.25, 0.3) is 5.91 Å². The number of hydrogen-bond acceptors (Lipinski definition) is 6. The van der Waals surface area contributed by atoms with Gasteiger partial charge in [0.1, 0.15) is 11.0 Å². The van der Waals surface area contributed by atoms with Crippen molar-refractivity contribution in [3.8, 4) is 0 Å². The van der Waals surface area contributed by atoms with E-state index in [-0.39, 0.29) is 5.91 Å². The molecule has 1 aromatic carbocycles. The third-order valence-electron chi connectivity index (χ3n) is 4.51. The van der Waals surface area contributed by atoms with Crippen LogP contribution in [0.25, 0.3) is 0 Å². The minimum absolute atomic E-state index is 0.0608. The Bertz CT molecular complexity index is 950. The van der Waals surface area contributed by atoms with E-state index < -0.39 is 6.10 Å². The van der Waals surface area contributed by atoms with Gasteiger partial charge in [0.2, 0.25) is 0 Å². The molecule has 0 radical (unpaired) electrons. The Balaban J connectivity index is 1.55. The quantitative estimate of drug-likeness (QED) is 0.736. The molecule has 1 aliphatic heterocycles. The summed E-state index contributed by atoms with van der Waals surface area (Å²) in [6.45, 7) is 3.40. The number of amides is 1. The average Bonchev–Trinajstić information content (AvgIpc) is 3.23. The Morgan fingerprint density at radius 1 is 1.31 bits per heavy atom. The number of nitrogens with zero attached hydrogens (tertiary/aromatic N) is 4. The first-order chi connectivity index (χ1) is 12.5. The SMILES string of the molecule is Cc1nc(N)sc1C(=O)N1CCn2nc(C(O)c3ccccc3)cc2C1. The summed E-state index contributed by atoms with van der Waals surface area (Å²) in [6.07, 6.45) is -0.776. The van der Waals surface area contributed by atoms with Crippen LogP contribution in [0.1, 0.15) is 38.4 Å². The Morgan fingerprint density at radius 2 is 2.08 bits per heavy atom. The van der Waals surface area contributed by atoms with E-state index in [0.29, 0.717) is 41.0 Å². The molecule has 134 valence electrons. The Kier molecular flexibility index (Phi) is 4.21. The third kappa shape index (κ3) is 2.97. The molecular formula is C18H19N5O2S. The zero-order valence-electron chi connectivity index (χ0n) is 14.3. The lowest BCUT2D eigenvalue weighted by Gasteiger charge is -2.27. The van der Waals surface area contributed by atoms with Crippen LogP contribution in [0.15, 0.2) is 36.4 Å². The average molecular weight is 369 g/mol. The van der Waals surface area contributed by atoms with Crippen LogP contribution in [-0.2, 0) is 13.1 Å². The number of fused-ring (bicyclic) bond motifs is 1. The van der Waals surface area contributed by atoms with Crippen molar-refractivity contribution in [2.45, 2.75) is 26.1 Å². The number of benzene rings is 1. The van der Waals surface area contributed by atoms with Gasteiger partial charge in [0, 0.05) is 6.54 Å². The minimum Gasteiger partial charge on any atom is -0.382 e. The van der Waals surface area contributed by atoms with Crippen LogP contribution in [0.2, 0.25) is 0 Å². The molecule has 2 aromatic heterocycles. The molecule has 1 unspecified atom stereocenters. The van der Waals surface area contributed by atoms with Gasteiger partial charge in [-0.3, -0.25) is 9.48 Å². The highest BCUT2D eigenvalue weighted by Gasteiger charge is 2.27. The molecular weight excluding hydrogens is 350 g/mol. The van der Waals surface area contributed by atoms with Crippen molar-refractivity contribution < 1.29 is 9.90 Å². The van der Waals surface area contributed by atoms with Gasteiger partial charge in [0.05, 0.1) is 30.2 Å². The van der Waals surface area contributed by atoms with Gasteiger partial charge >= 0.3 is 0 Å². The highest BCUT2D eigenvalue weighted by molar-refractivity contribution is 7.17. The molecule has 4 rings (SSSR count). The molecule has 3 heterocycles. The molecule has 3 aromatic rings. The van der Waals surface area contributed by atoms with Crippen LogP contribution < -0.4 is 5.73 Å². The number of aryl methyl sites for hydroxylation is 1. The summed E-state index contributed by atoms with van der Waals surface area (Å²) in [7, 11) is 0. The predicted octanol–water partition coefficient (Wildman–Crippen LogP) is 1.97. The second-order valence-corrected chi connectivity index (χ2v) is 7.32. The fourth-order valence-corrected chi connectivity index (χ4v) is 3.96. The first kappa shape index (κ1) is 16.7. The first-order valence-corrected chi connectivity index (χ1v) is 9.16. The number of carbonyl (C=O) groups excluding carboxylic acids is 1. The van der Waals surface area contributed by atoms with Crippen molar-refractivity contribution in [3.63, 3.8) is 0 Å². The summed E-state index contributed by atoms with van der Waals surface area (Å²) in [5, 5.41) is 15.5. The lowest BCUT2D eigenvalue weighted by atomic mass is 10.1. The number of anilines is 1. The summed E-state index contributed by atoms with van der Waals surface area (Å²) in [4.78, 5) is 19.3. The molecule has 1 atom stereocenters. The molecule has 3 N–H and O–H groups in total. The van der Waals surface area contributed by atoms with Crippen molar-refractivity contribution in [1.29, 1.82) is 0 Å². The standard InChI is InChI=1S/C18H19N5O2S/c1-11-16(26-18(19)20-11)17(25)22-7-8-23-13(10-22)9-14(21-23)15(24)12-5-3-2-4-6-12/h2-6,9,15,24H,7-8,10H2,1H3,(H2,19,20). The molecule has 8 heteroatoms. The molecule has 0 spiro atoms. The number of aromatic nitrogens is 3. The maximum absolute atomic E-state index is 12.8. The largest absolute Gasteiger partial charge is 0.382 e. The molecule has 0 saturated carbocycles. The van der Waals surface area contributed by atoms with E-state index in [1.165, 1.54) is 11.3 Å². The van der Waals surface area contributed by atoms with Gasteiger partial charge in [-0.2, -0.15) is 5.10 Å². The number of carbonyl (C=O) groups is 1. The molecule has 7 nitrogen and oxygen atoms in total. The van der Waals surface area contributed by atoms with E-state index in [1.807, 2.05) is 41.1 Å². The fraction of sp³-hybridized carbons (Fsp3) is 0.278. The zero-order chi connectivity index (χ0) is 18.3. The first-order valence-electron chi connectivity index (χ1n) is 8.34. The van der Waals surface area contributed by atoms with Crippen LogP contribution in [0, 0.1) is 6.92 Å². The van der Waals surface area contributed by atoms with Gasteiger partial charge in [-0.1, -0.05) is 41.7 Å². The zero-order valence-corrected chi connectivity index (χ0v) is 15.1. The number of aliphatic hydroxyl groups excluding tert-OH is 1. The fourth-order valence-electron chi connectivity index (χ4n) is 3.16. The van der Waals surface area contributed by atoms with Crippen LogP contribution in [0.3, 0.4) is 0 Å². The maximum atomic E-state index is 12.8. The lowest BCUT2D eigenvalue weighted by molar-refractivity contribution is 0.0710. The molecule has 1 aliphatic rings. The maximum Gasteiger partial charge on any atom is 0.266 e. The van der Waals surface area contributed by atoms with Crippen LogP contribution >= 0.6 is 11.3 Å². The lowest BCUT2D eigenvalue weighted by Crippen LogP contribution is -2.38. The van der Waals surface area contributed by atoms with Crippen molar-refractivity contribution in [2.75, 3.05) is 12.3 Å². The summed E-state index contributed by atoms with van der Waals surface area (Å²) < 4.78 is 1.86. The van der Waals surface area contributed by atoms with Gasteiger partial charge in [0.15, 0.2) is 5.13 Å². The smallest absolute Gasteiger partial charge is 0.266 e. The number of thiazole rings is 1. The van der Waals surface area contributed by atoms with Crippen LogP contribution in [0.5, 0.6) is 0 Å². The monoisotopic (exact) mass is 369 g/mol. The second kappa shape index (κ2) is 6.54. The van der Waals surface area contributed by atoms with Gasteiger partial charge in [-0.25, -0.2) is 4.98 Å². The minimum atomic E-state index is -0.776. The van der Waals surface area contributed by atoms with Gasteiger partial charge < -0.3 is 15.7 Å². The van der Waals surface area contributed by atoms with Crippen LogP contribution in [-0.4, -0.2) is 37.2 Å². The van der Waals surface area contributed by atoms with E-state index in [9.17, 15) is 9.90 Å². The van der Waals surface area contributed by atoms with E-state index >= 15 is 0 Å².